The third kappa shape index (κ3) is 15.0. The molecule has 0 radical (unpaired) electrons. The number of unbranched alkanes of at least 4 members (excludes halogenated alkanes) is 5. The number of hydrogen-bond acceptors (Lipinski definition) is 25. The molecule has 1 aromatic carbocycles. The number of aliphatic hydroxyl groups is 11. The van der Waals surface area contributed by atoms with Crippen LogP contribution in [-0.2, 0) is 57.0 Å². The van der Waals surface area contributed by atoms with Crippen LogP contribution in [0.1, 0.15) is 68.6 Å². The van der Waals surface area contributed by atoms with Gasteiger partial charge in [-0.3, -0.25) is 14.4 Å². The first-order chi connectivity index (χ1) is 35.1. The minimum Gasteiger partial charge on any atom is -0.507 e. The quantitative estimate of drug-likeness (QED) is 0.0321. The highest BCUT2D eigenvalue weighted by Crippen LogP contribution is 2.39. The number of rotatable bonds is 25. The third-order valence-corrected chi connectivity index (χ3v) is 13.0. The number of phenols is 1. The molecule has 0 bridgehead atoms. The van der Waals surface area contributed by atoms with Gasteiger partial charge in [-0.2, -0.15) is 0 Å². The summed E-state index contributed by atoms with van der Waals surface area (Å²) < 4.78 is 66.6. The van der Waals surface area contributed by atoms with Crippen LogP contribution in [0.3, 0.4) is 0 Å². The molecule has 14 unspecified atom stereocenters. The highest BCUT2D eigenvalue weighted by atomic mass is 19.1. The van der Waals surface area contributed by atoms with Crippen LogP contribution in [0.25, 0.3) is 0 Å². The van der Waals surface area contributed by atoms with Gasteiger partial charge >= 0.3 is 11.9 Å². The zero-order chi connectivity index (χ0) is 54.6. The monoisotopic (exact) mass is 1070 g/mol. The number of methoxy groups -OCH3 is 1. The van der Waals surface area contributed by atoms with Crippen molar-refractivity contribution in [3.8, 4) is 5.75 Å². The lowest BCUT2D eigenvalue weighted by Crippen LogP contribution is -2.71. The standard InChI is InChI=1S/C45H69FN2O26/c1-19(52)47-29-23(54)14-45(44(64)65,73-37(29)32(59)24(55)15-49)74-39-33(60)26(16-50)69-43(35(39)62)72-38-30(48-40(63)21-13-20(46)10-11-22(21)53)41(67-12-8-6-4-3-5-7-9-28(57)66-2)70-27(17-51)36(38)71-42-34(61)31(58)25(56)18-68-42/h10-11,13,23-27,29-39,41-43,49-51,53-56,58-62H,3-9,12,14-18H2,1-2H3,(H,47,52)(H,48,63)(H,64,65)/t23?,24?,25-,26?,27?,29-,30?,31?,32?,33+,34?,35?,36-,37?,38?,39?,41-,42?,43?,45+/m1/s1. The molecule has 5 rings (SSSR count). The van der Waals surface area contributed by atoms with Crippen molar-refractivity contribution in [3.05, 3.63) is 29.6 Å². The highest BCUT2D eigenvalue weighted by molar-refractivity contribution is 5.97. The fourth-order valence-corrected chi connectivity index (χ4v) is 8.95. The van der Waals surface area contributed by atoms with E-state index in [4.69, 9.17) is 37.9 Å². The Hall–Kier alpha value is -3.93. The number of halogens is 1. The van der Waals surface area contributed by atoms with Crippen LogP contribution in [0.5, 0.6) is 5.75 Å². The molecule has 4 fully saturated rings. The van der Waals surface area contributed by atoms with Crippen molar-refractivity contribution < 1.29 is 133 Å². The second-order valence-electron chi connectivity index (χ2n) is 18.3. The van der Waals surface area contributed by atoms with E-state index in [-0.39, 0.29) is 19.0 Å². The van der Waals surface area contributed by atoms with Gasteiger partial charge in [-0.25, -0.2) is 9.18 Å². The van der Waals surface area contributed by atoms with E-state index in [0.717, 1.165) is 31.9 Å². The Morgan fingerprint density at radius 2 is 1.43 bits per heavy atom. The lowest BCUT2D eigenvalue weighted by molar-refractivity contribution is -0.388. The number of phenolic OH excluding ortho intramolecular Hbond substituents is 1. The molecule has 0 saturated carbocycles. The van der Waals surface area contributed by atoms with E-state index < -0.39 is 190 Å². The molecule has 0 spiro atoms. The average Bonchev–Trinajstić information content (AvgIpc) is 3.37. The van der Waals surface area contributed by atoms with Gasteiger partial charge in [0.25, 0.3) is 11.7 Å². The van der Waals surface area contributed by atoms with Gasteiger partial charge in [-0.1, -0.05) is 25.7 Å². The van der Waals surface area contributed by atoms with Gasteiger partial charge in [0.05, 0.1) is 51.2 Å². The summed E-state index contributed by atoms with van der Waals surface area (Å²) in [6.07, 6.45) is -31.3. The van der Waals surface area contributed by atoms with E-state index in [0.29, 0.717) is 31.7 Å². The number of hydrogen-bond donors (Lipinski definition) is 15. The van der Waals surface area contributed by atoms with Crippen molar-refractivity contribution in [2.24, 2.45) is 0 Å². The van der Waals surface area contributed by atoms with Gasteiger partial charge in [0.15, 0.2) is 18.9 Å². The van der Waals surface area contributed by atoms with E-state index in [2.05, 4.69) is 15.4 Å². The van der Waals surface area contributed by atoms with Gasteiger partial charge in [-0.05, 0) is 31.0 Å². The van der Waals surface area contributed by atoms with Crippen LogP contribution >= 0.6 is 0 Å². The van der Waals surface area contributed by atoms with Crippen molar-refractivity contribution >= 4 is 23.8 Å². The maximum absolute atomic E-state index is 14.6. The Morgan fingerprint density at radius 3 is 2.07 bits per heavy atom. The molecule has 1 aromatic rings. The normalized spacial score (nSPS) is 36.3. The minimum absolute atomic E-state index is 0.122. The minimum atomic E-state index is -3.21. The number of carbonyl (C=O) groups excluding carboxylic acids is 3. The molecule has 29 heteroatoms. The number of carboxylic acids is 1. The Bertz CT molecular complexity index is 1980. The number of carboxylic acid groups (broad SMARTS) is 1. The molecule has 15 N–H and O–H groups in total. The Balaban J connectivity index is 1.53. The maximum atomic E-state index is 14.6. The lowest BCUT2D eigenvalue weighted by Gasteiger charge is -2.51. The Labute approximate surface area is 422 Å². The first kappa shape index (κ1) is 60.9. The molecule has 28 nitrogen and oxygen atoms in total. The number of carbonyl (C=O) groups is 4. The lowest BCUT2D eigenvalue weighted by atomic mass is 9.88. The molecule has 0 aromatic heterocycles. The summed E-state index contributed by atoms with van der Waals surface area (Å²) in [7, 11) is 1.29. The Kier molecular flexibility index (Phi) is 23.0. The fourth-order valence-electron chi connectivity index (χ4n) is 8.95. The van der Waals surface area contributed by atoms with Crippen molar-refractivity contribution in [3.63, 3.8) is 0 Å². The predicted molar refractivity (Wildman–Crippen MR) is 238 cm³/mol. The maximum Gasteiger partial charge on any atom is 0.364 e. The molecular weight excluding hydrogens is 1000 g/mol. The van der Waals surface area contributed by atoms with Crippen molar-refractivity contribution in [1.29, 1.82) is 0 Å². The molecule has 0 aliphatic carbocycles. The van der Waals surface area contributed by atoms with Gasteiger partial charge < -0.3 is 120 Å². The predicted octanol–water partition coefficient (Wildman–Crippen LogP) is -5.55. The molecule has 20 atom stereocenters. The van der Waals surface area contributed by atoms with Crippen molar-refractivity contribution in [2.75, 3.05) is 40.1 Å². The SMILES string of the molecule is COC(=O)CCCCCCCCO[C@@H]1OC(CO)[C@@H](OC2OC[C@@H](O)C(O)C2O)C(OC2OC(CO)[C@H](O)C(O[C@]3(C(=O)O)CC(O)[C@@H](NC(C)=O)C(C(O)C(O)CO)O3)C2O)C1NC(=O)c1cc(F)ccc1O. The van der Waals surface area contributed by atoms with E-state index >= 15 is 0 Å². The summed E-state index contributed by atoms with van der Waals surface area (Å²) in [5.74, 6) is -9.33. The molecule has 4 saturated heterocycles. The summed E-state index contributed by atoms with van der Waals surface area (Å²) in [5.41, 5.74) is -0.644. The third-order valence-electron chi connectivity index (χ3n) is 13.0. The van der Waals surface area contributed by atoms with Gasteiger partial charge in [0, 0.05) is 26.4 Å². The number of ether oxygens (including phenoxy) is 9. The zero-order valence-corrected chi connectivity index (χ0v) is 40.4. The van der Waals surface area contributed by atoms with Crippen LogP contribution in [0.15, 0.2) is 18.2 Å². The number of benzene rings is 1. The van der Waals surface area contributed by atoms with E-state index in [9.17, 15) is 90.0 Å². The van der Waals surface area contributed by atoms with Crippen LogP contribution < -0.4 is 10.6 Å². The van der Waals surface area contributed by atoms with Crippen molar-refractivity contribution in [1.82, 2.24) is 10.6 Å². The molecular formula is C45H69FN2O26. The van der Waals surface area contributed by atoms with E-state index in [1.54, 1.807) is 0 Å². The zero-order valence-electron chi connectivity index (χ0n) is 40.4. The van der Waals surface area contributed by atoms with Crippen LogP contribution in [0.4, 0.5) is 4.39 Å². The second kappa shape index (κ2) is 27.9. The van der Waals surface area contributed by atoms with E-state index in [1.165, 1.54) is 7.11 Å². The number of aliphatic hydroxyl groups excluding tert-OH is 11. The number of amides is 2. The Morgan fingerprint density at radius 1 is 0.784 bits per heavy atom. The first-order valence-corrected chi connectivity index (χ1v) is 24.0. The molecule has 4 heterocycles. The highest BCUT2D eigenvalue weighted by Gasteiger charge is 2.61. The van der Waals surface area contributed by atoms with Gasteiger partial charge in [0.1, 0.15) is 97.0 Å². The molecule has 422 valence electrons. The molecule has 4 aliphatic rings. The van der Waals surface area contributed by atoms with Crippen LogP contribution in [-0.4, -0.2) is 252 Å². The number of nitrogens with one attached hydrogen (secondary N) is 2. The smallest absolute Gasteiger partial charge is 0.364 e. The topological polar surface area (TPSA) is 438 Å². The van der Waals surface area contributed by atoms with Gasteiger partial charge in [0.2, 0.25) is 5.91 Å². The number of esters is 1. The first-order valence-electron chi connectivity index (χ1n) is 24.0. The number of aliphatic carboxylic acids is 1. The summed E-state index contributed by atoms with van der Waals surface area (Å²) in [6, 6.07) is -1.06. The van der Waals surface area contributed by atoms with E-state index in [1.807, 2.05) is 0 Å². The molecule has 74 heavy (non-hydrogen) atoms. The largest absolute Gasteiger partial charge is 0.507 e. The van der Waals surface area contributed by atoms with Crippen LogP contribution in [0.2, 0.25) is 0 Å². The number of aromatic hydroxyl groups is 1. The fraction of sp³-hybridized carbons (Fsp3) is 0.778. The van der Waals surface area contributed by atoms with Crippen molar-refractivity contribution in [2.45, 2.75) is 180 Å². The second-order valence-corrected chi connectivity index (χ2v) is 18.3. The van der Waals surface area contributed by atoms with Gasteiger partial charge in [-0.15, -0.1) is 0 Å². The summed E-state index contributed by atoms with van der Waals surface area (Å²) in [6.45, 7) is -2.97. The summed E-state index contributed by atoms with van der Waals surface area (Å²) >= 11 is 0. The molecule has 4 aliphatic heterocycles. The molecule has 2 amide bonds. The van der Waals surface area contributed by atoms with Crippen LogP contribution in [0, 0.1) is 5.82 Å². The summed E-state index contributed by atoms with van der Waals surface area (Å²) in [4.78, 5) is 50.8. The average molecular weight is 1070 g/mol. The summed E-state index contributed by atoms with van der Waals surface area (Å²) in [5, 5.41) is 145.